The summed E-state index contributed by atoms with van der Waals surface area (Å²) in [5.41, 5.74) is 4.31. The van der Waals surface area contributed by atoms with Crippen molar-refractivity contribution in [3.8, 4) is 0 Å². The van der Waals surface area contributed by atoms with Crippen molar-refractivity contribution in [2.24, 2.45) is 0 Å². The quantitative estimate of drug-likeness (QED) is 0.387. The van der Waals surface area contributed by atoms with E-state index in [1.807, 2.05) is 48.8 Å². The molecule has 0 aliphatic carbocycles. The zero-order valence-corrected chi connectivity index (χ0v) is 19.0. The van der Waals surface area contributed by atoms with E-state index in [2.05, 4.69) is 77.2 Å². The summed E-state index contributed by atoms with van der Waals surface area (Å²) < 4.78 is 3.30. The number of thiocarbonyl (C=S) groups is 1. The highest BCUT2D eigenvalue weighted by Gasteiger charge is 2.41. The Morgan fingerprint density at radius 3 is 2.58 bits per heavy atom. The lowest BCUT2D eigenvalue weighted by atomic mass is 10.0. The van der Waals surface area contributed by atoms with E-state index >= 15 is 0 Å². The Labute approximate surface area is 194 Å². The molecule has 2 atom stereocenters. The summed E-state index contributed by atoms with van der Waals surface area (Å²) in [6.45, 7) is 0.739. The molecule has 1 fully saturated rings. The minimum absolute atomic E-state index is 0.0461. The molecule has 154 valence electrons. The summed E-state index contributed by atoms with van der Waals surface area (Å²) in [5.74, 6) is 0. The first kappa shape index (κ1) is 19.9. The molecule has 4 aromatic rings. The molecule has 5 nitrogen and oxygen atoms in total. The van der Waals surface area contributed by atoms with Crippen LogP contribution in [0.2, 0.25) is 0 Å². The second-order valence-corrected chi connectivity index (χ2v) is 8.70. The summed E-state index contributed by atoms with van der Waals surface area (Å²) in [5, 5.41) is 4.21. The van der Waals surface area contributed by atoms with E-state index in [0.29, 0.717) is 5.11 Å². The van der Waals surface area contributed by atoms with Crippen molar-refractivity contribution in [1.82, 2.24) is 19.9 Å². The van der Waals surface area contributed by atoms with Gasteiger partial charge in [0.05, 0.1) is 11.7 Å². The molecule has 1 aromatic carbocycles. The van der Waals surface area contributed by atoms with Gasteiger partial charge in [0.2, 0.25) is 0 Å². The van der Waals surface area contributed by atoms with Crippen LogP contribution in [0.15, 0.2) is 96.0 Å². The first-order valence-corrected chi connectivity index (χ1v) is 11.2. The van der Waals surface area contributed by atoms with Crippen molar-refractivity contribution >= 4 is 38.9 Å². The number of nitrogens with zero attached hydrogens (tertiary/aromatic N) is 4. The smallest absolute Gasteiger partial charge is 0.174 e. The van der Waals surface area contributed by atoms with Gasteiger partial charge >= 0.3 is 0 Å². The molecule has 3 aromatic heterocycles. The van der Waals surface area contributed by atoms with Crippen LogP contribution in [-0.4, -0.2) is 19.6 Å². The van der Waals surface area contributed by atoms with Crippen LogP contribution >= 0.6 is 28.1 Å². The molecule has 1 aliphatic heterocycles. The second-order valence-electron chi connectivity index (χ2n) is 7.40. The maximum absolute atomic E-state index is 5.81. The minimum Gasteiger partial charge on any atom is -0.351 e. The van der Waals surface area contributed by atoms with E-state index in [9.17, 15) is 0 Å². The van der Waals surface area contributed by atoms with Gasteiger partial charge in [0.15, 0.2) is 5.11 Å². The molecule has 1 saturated heterocycles. The largest absolute Gasteiger partial charge is 0.351 e. The number of nitrogens with one attached hydrogen (secondary N) is 1. The average Bonchev–Trinajstić information content (AvgIpc) is 3.39. The van der Waals surface area contributed by atoms with Crippen LogP contribution < -0.4 is 10.2 Å². The number of benzene rings is 1. The fourth-order valence-corrected chi connectivity index (χ4v) is 4.67. The Morgan fingerprint density at radius 1 is 0.968 bits per heavy atom. The highest BCUT2D eigenvalue weighted by Crippen LogP contribution is 2.41. The van der Waals surface area contributed by atoms with Crippen molar-refractivity contribution in [2.45, 2.75) is 18.6 Å². The first-order chi connectivity index (χ1) is 15.2. The van der Waals surface area contributed by atoms with Gasteiger partial charge in [-0.15, -0.1) is 0 Å². The fraction of sp³-hybridized carbons (Fsp3) is 0.125. The molecule has 4 heterocycles. The standard InChI is InChI=1S/C24H20BrN5S/c25-18-8-10-19(11-9-18)30-23(22(28-24(30)31)20-6-1-2-13-27-20)21-7-4-14-29(21)16-17-5-3-12-26-15-17/h1-15,22-23H,16H2,(H,28,31). The van der Waals surface area contributed by atoms with Gasteiger partial charge in [0, 0.05) is 47.2 Å². The molecule has 2 unspecified atom stereocenters. The number of rotatable bonds is 5. The SMILES string of the molecule is S=C1NC(c2ccccn2)C(c2cccn2Cc2cccnc2)N1c1ccc(Br)cc1. The predicted molar refractivity (Wildman–Crippen MR) is 130 cm³/mol. The van der Waals surface area contributed by atoms with Crippen molar-refractivity contribution in [3.05, 3.63) is 113 Å². The summed E-state index contributed by atoms with van der Waals surface area (Å²) in [7, 11) is 0. The molecular formula is C24H20BrN5S. The van der Waals surface area contributed by atoms with Gasteiger partial charge in [-0.3, -0.25) is 9.97 Å². The molecule has 0 saturated carbocycles. The van der Waals surface area contributed by atoms with Gasteiger partial charge in [-0.2, -0.15) is 0 Å². The minimum atomic E-state index is -0.0695. The van der Waals surface area contributed by atoms with Gasteiger partial charge in [-0.25, -0.2) is 0 Å². The molecule has 0 bridgehead atoms. The molecule has 0 amide bonds. The highest BCUT2D eigenvalue weighted by atomic mass is 79.9. The van der Waals surface area contributed by atoms with Gasteiger partial charge in [-0.05, 0) is 72.4 Å². The third-order valence-corrected chi connectivity index (χ3v) is 6.29. The highest BCUT2D eigenvalue weighted by molar-refractivity contribution is 9.10. The molecule has 1 aliphatic rings. The maximum atomic E-state index is 5.81. The van der Waals surface area contributed by atoms with Crippen LogP contribution in [0.5, 0.6) is 0 Å². The molecule has 7 heteroatoms. The van der Waals surface area contributed by atoms with Gasteiger partial charge < -0.3 is 14.8 Å². The molecular weight excluding hydrogens is 470 g/mol. The average molecular weight is 490 g/mol. The van der Waals surface area contributed by atoms with Gasteiger partial charge in [-0.1, -0.05) is 28.1 Å². The third-order valence-electron chi connectivity index (χ3n) is 5.45. The number of pyridine rings is 2. The summed E-state index contributed by atoms with van der Waals surface area (Å²) in [6.07, 6.45) is 7.64. The monoisotopic (exact) mass is 489 g/mol. The number of hydrogen-bond acceptors (Lipinski definition) is 3. The van der Waals surface area contributed by atoms with Crippen LogP contribution in [0.4, 0.5) is 5.69 Å². The first-order valence-electron chi connectivity index (χ1n) is 10.0. The molecule has 31 heavy (non-hydrogen) atoms. The van der Waals surface area contributed by atoms with E-state index in [0.717, 1.165) is 33.7 Å². The van der Waals surface area contributed by atoms with E-state index in [-0.39, 0.29) is 12.1 Å². The second kappa shape index (κ2) is 8.61. The maximum Gasteiger partial charge on any atom is 0.174 e. The fourth-order valence-electron chi connectivity index (χ4n) is 4.06. The van der Waals surface area contributed by atoms with E-state index in [1.54, 1.807) is 6.20 Å². The lowest BCUT2D eigenvalue weighted by molar-refractivity contribution is 0.533. The Kier molecular flexibility index (Phi) is 5.53. The van der Waals surface area contributed by atoms with E-state index < -0.39 is 0 Å². The van der Waals surface area contributed by atoms with E-state index in [4.69, 9.17) is 12.2 Å². The molecule has 5 rings (SSSR count). The molecule has 0 radical (unpaired) electrons. The van der Waals surface area contributed by atoms with Crippen LogP contribution in [0.25, 0.3) is 0 Å². The van der Waals surface area contributed by atoms with Gasteiger partial charge in [0.25, 0.3) is 0 Å². The number of halogens is 1. The lowest BCUT2D eigenvalue weighted by Crippen LogP contribution is -2.30. The molecule has 1 N–H and O–H groups in total. The van der Waals surface area contributed by atoms with Crippen LogP contribution in [0, 0.1) is 0 Å². The van der Waals surface area contributed by atoms with Crippen molar-refractivity contribution in [1.29, 1.82) is 0 Å². The summed E-state index contributed by atoms with van der Waals surface area (Å²) >= 11 is 9.35. The summed E-state index contributed by atoms with van der Waals surface area (Å²) in [6, 6.07) is 22.4. The predicted octanol–water partition coefficient (Wildman–Crippen LogP) is 5.27. The lowest BCUT2D eigenvalue weighted by Gasteiger charge is -2.29. The zero-order valence-electron chi connectivity index (χ0n) is 16.6. The Morgan fingerprint density at radius 2 is 1.84 bits per heavy atom. The Balaban J connectivity index is 1.60. The zero-order chi connectivity index (χ0) is 21.2. The number of hydrogen-bond donors (Lipinski definition) is 1. The van der Waals surface area contributed by atoms with Gasteiger partial charge in [0.1, 0.15) is 6.04 Å². The number of anilines is 1. The van der Waals surface area contributed by atoms with Crippen LogP contribution in [0.3, 0.4) is 0 Å². The van der Waals surface area contributed by atoms with Crippen molar-refractivity contribution in [3.63, 3.8) is 0 Å². The topological polar surface area (TPSA) is 46.0 Å². The van der Waals surface area contributed by atoms with E-state index in [1.165, 1.54) is 0 Å². The van der Waals surface area contributed by atoms with Crippen molar-refractivity contribution in [2.75, 3.05) is 4.90 Å². The molecule has 0 spiro atoms. The van der Waals surface area contributed by atoms with Crippen LogP contribution in [0.1, 0.15) is 29.0 Å². The Bertz CT molecular complexity index is 1180. The van der Waals surface area contributed by atoms with Crippen LogP contribution in [-0.2, 0) is 6.54 Å². The third kappa shape index (κ3) is 3.98. The number of aromatic nitrogens is 3. The van der Waals surface area contributed by atoms with Crippen molar-refractivity contribution < 1.29 is 0 Å². The normalized spacial score (nSPS) is 18.2. The summed E-state index contributed by atoms with van der Waals surface area (Å²) in [4.78, 5) is 11.1. The Hall–Kier alpha value is -3.03.